The van der Waals surface area contributed by atoms with Crippen molar-refractivity contribution in [3.05, 3.63) is 118 Å². The predicted molar refractivity (Wildman–Crippen MR) is 157 cm³/mol. The molecule has 0 unspecified atom stereocenters. The summed E-state index contributed by atoms with van der Waals surface area (Å²) in [7, 11) is 0. The molecule has 200 valence electrons. The zero-order chi connectivity index (χ0) is 26.9. The van der Waals surface area contributed by atoms with Gasteiger partial charge in [-0.3, -0.25) is 4.79 Å². The number of carbonyl (C=O) groups excluding carboxylic acids is 1. The lowest BCUT2D eigenvalue weighted by molar-refractivity contribution is 0.0745. The molecule has 1 aliphatic rings. The van der Waals surface area contributed by atoms with E-state index in [0.717, 1.165) is 36.5 Å². The van der Waals surface area contributed by atoms with Gasteiger partial charge in [0.25, 0.3) is 5.91 Å². The second kappa shape index (κ2) is 13.6. The lowest BCUT2D eigenvalue weighted by Crippen LogP contribution is -2.36. The van der Waals surface area contributed by atoms with E-state index in [-0.39, 0.29) is 5.91 Å². The number of rotatable bonds is 10. The van der Waals surface area contributed by atoms with Crippen LogP contribution in [0.5, 0.6) is 0 Å². The van der Waals surface area contributed by atoms with Crippen LogP contribution in [-0.4, -0.2) is 53.6 Å². The molecule has 1 aromatic heterocycles. The van der Waals surface area contributed by atoms with Crippen molar-refractivity contribution >= 4 is 35.1 Å². The molecule has 0 atom stereocenters. The van der Waals surface area contributed by atoms with Crippen molar-refractivity contribution < 1.29 is 9.53 Å². The number of hydrogen-bond acceptors (Lipinski definition) is 6. The minimum Gasteiger partial charge on any atom is -0.378 e. The highest BCUT2D eigenvalue weighted by Gasteiger charge is 2.18. The van der Waals surface area contributed by atoms with Crippen LogP contribution in [0.2, 0.25) is 5.15 Å². The van der Waals surface area contributed by atoms with Crippen LogP contribution in [0.4, 0.5) is 5.82 Å². The Balaban J connectivity index is 1.28. The Morgan fingerprint density at radius 1 is 0.872 bits per heavy atom. The van der Waals surface area contributed by atoms with Crippen LogP contribution in [0.1, 0.15) is 27.0 Å². The fourth-order valence-electron chi connectivity index (χ4n) is 4.49. The third-order valence-electron chi connectivity index (χ3n) is 6.55. The van der Waals surface area contributed by atoms with Crippen molar-refractivity contribution in [2.24, 2.45) is 0 Å². The van der Waals surface area contributed by atoms with Gasteiger partial charge in [0.2, 0.25) is 0 Å². The van der Waals surface area contributed by atoms with Crippen LogP contribution in [0.3, 0.4) is 0 Å². The van der Waals surface area contributed by atoms with Gasteiger partial charge in [-0.05, 0) is 35.2 Å². The molecule has 8 heteroatoms. The summed E-state index contributed by atoms with van der Waals surface area (Å²) in [6.07, 6.45) is 0.798. The van der Waals surface area contributed by atoms with Crippen LogP contribution in [0.25, 0.3) is 0 Å². The number of carbonyl (C=O) groups is 1. The van der Waals surface area contributed by atoms with Crippen molar-refractivity contribution in [1.82, 2.24) is 14.9 Å². The fourth-order valence-corrected chi connectivity index (χ4v) is 5.52. The molecule has 1 saturated heterocycles. The zero-order valence-corrected chi connectivity index (χ0v) is 23.3. The van der Waals surface area contributed by atoms with E-state index in [0.29, 0.717) is 47.9 Å². The monoisotopic (exact) mass is 558 g/mol. The first-order valence-corrected chi connectivity index (χ1v) is 14.5. The van der Waals surface area contributed by atoms with Crippen molar-refractivity contribution in [3.63, 3.8) is 0 Å². The summed E-state index contributed by atoms with van der Waals surface area (Å²) in [5.41, 5.74) is 4.04. The lowest BCUT2D eigenvalue weighted by Gasteiger charge is -2.27. The summed E-state index contributed by atoms with van der Waals surface area (Å²) in [6, 6.07) is 30.1. The molecule has 0 N–H and O–H groups in total. The Labute approximate surface area is 239 Å². The molecule has 5 rings (SSSR count). The first-order chi connectivity index (χ1) is 19.1. The van der Waals surface area contributed by atoms with Crippen molar-refractivity contribution in [2.45, 2.75) is 23.9 Å². The van der Waals surface area contributed by atoms with Crippen molar-refractivity contribution in [3.8, 4) is 0 Å². The molecule has 4 aromatic rings. The van der Waals surface area contributed by atoms with Crippen LogP contribution in [0, 0.1) is 0 Å². The van der Waals surface area contributed by atoms with Crippen LogP contribution in [0.15, 0.2) is 96.2 Å². The summed E-state index contributed by atoms with van der Waals surface area (Å²) in [6.45, 7) is 4.12. The topological polar surface area (TPSA) is 58.6 Å². The molecule has 0 saturated carbocycles. The highest BCUT2D eigenvalue weighted by Crippen LogP contribution is 2.26. The van der Waals surface area contributed by atoms with Gasteiger partial charge in [0.15, 0.2) is 5.16 Å². The van der Waals surface area contributed by atoms with Gasteiger partial charge in [-0.2, -0.15) is 0 Å². The standard InChI is InChI=1S/C31H31ClN4O2S/c32-28-21-29(35-16-18-38-19-17-35)34-31(33-28)39-23-26-12-7-13-27(20-26)30(37)36(22-25-10-5-2-6-11-25)15-14-24-8-3-1-4-9-24/h1-13,20-21H,14-19,22-23H2. The average Bonchev–Trinajstić information content (AvgIpc) is 2.99. The summed E-state index contributed by atoms with van der Waals surface area (Å²) in [5, 5.41) is 1.04. The molecule has 0 bridgehead atoms. The SMILES string of the molecule is O=C(c1cccc(CSc2nc(Cl)cc(N3CCOCC3)n2)c1)N(CCc1ccccc1)Cc1ccccc1. The van der Waals surface area contributed by atoms with Gasteiger partial charge in [-0.1, -0.05) is 96.2 Å². The highest BCUT2D eigenvalue weighted by molar-refractivity contribution is 7.98. The molecule has 2 heterocycles. The van der Waals surface area contributed by atoms with Gasteiger partial charge in [0.05, 0.1) is 13.2 Å². The van der Waals surface area contributed by atoms with E-state index in [2.05, 4.69) is 34.1 Å². The number of nitrogens with zero attached hydrogens (tertiary/aromatic N) is 4. The van der Waals surface area contributed by atoms with Gasteiger partial charge in [-0.25, -0.2) is 9.97 Å². The highest BCUT2D eigenvalue weighted by atomic mass is 35.5. The van der Waals surface area contributed by atoms with E-state index >= 15 is 0 Å². The minimum atomic E-state index is 0.0234. The smallest absolute Gasteiger partial charge is 0.254 e. The lowest BCUT2D eigenvalue weighted by atomic mass is 10.1. The van der Waals surface area contributed by atoms with Crippen molar-refractivity contribution in [1.29, 1.82) is 0 Å². The first-order valence-electron chi connectivity index (χ1n) is 13.1. The Morgan fingerprint density at radius 3 is 2.31 bits per heavy atom. The Hall–Kier alpha value is -3.39. The second-order valence-electron chi connectivity index (χ2n) is 9.37. The molecule has 1 fully saturated rings. The number of ether oxygens (including phenoxy) is 1. The summed E-state index contributed by atoms with van der Waals surface area (Å²) in [4.78, 5) is 27.0. The molecular formula is C31H31ClN4O2S. The van der Waals surface area contributed by atoms with E-state index in [4.69, 9.17) is 21.3 Å². The fraction of sp³-hybridized carbons (Fsp3) is 0.258. The molecule has 39 heavy (non-hydrogen) atoms. The zero-order valence-electron chi connectivity index (χ0n) is 21.7. The first kappa shape index (κ1) is 27.2. The van der Waals surface area contributed by atoms with E-state index in [9.17, 15) is 4.79 Å². The van der Waals surface area contributed by atoms with Crippen LogP contribution in [-0.2, 0) is 23.5 Å². The largest absolute Gasteiger partial charge is 0.378 e. The minimum absolute atomic E-state index is 0.0234. The molecule has 0 radical (unpaired) electrons. The van der Waals surface area contributed by atoms with Crippen LogP contribution < -0.4 is 4.90 Å². The van der Waals surface area contributed by atoms with E-state index in [1.54, 1.807) is 6.07 Å². The molecule has 0 spiro atoms. The Kier molecular flexibility index (Phi) is 9.48. The number of anilines is 1. The van der Waals surface area contributed by atoms with Crippen LogP contribution >= 0.6 is 23.4 Å². The molecule has 6 nitrogen and oxygen atoms in total. The molecular weight excluding hydrogens is 528 g/mol. The molecule has 1 aliphatic heterocycles. The van der Waals surface area contributed by atoms with Gasteiger partial charge < -0.3 is 14.5 Å². The van der Waals surface area contributed by atoms with E-state index in [1.165, 1.54) is 17.3 Å². The second-order valence-corrected chi connectivity index (χ2v) is 10.7. The van der Waals surface area contributed by atoms with Crippen molar-refractivity contribution in [2.75, 3.05) is 37.7 Å². The van der Waals surface area contributed by atoms with Gasteiger partial charge in [0.1, 0.15) is 11.0 Å². The number of amides is 1. The molecule has 0 aliphatic carbocycles. The summed E-state index contributed by atoms with van der Waals surface area (Å²) in [5.74, 6) is 1.47. The third kappa shape index (κ3) is 7.82. The van der Waals surface area contributed by atoms with Gasteiger partial charge in [0, 0.05) is 43.6 Å². The third-order valence-corrected chi connectivity index (χ3v) is 7.67. The van der Waals surface area contributed by atoms with Gasteiger partial charge >= 0.3 is 0 Å². The van der Waals surface area contributed by atoms with Gasteiger partial charge in [-0.15, -0.1) is 0 Å². The van der Waals surface area contributed by atoms with E-state index in [1.807, 2.05) is 65.6 Å². The maximum Gasteiger partial charge on any atom is 0.254 e. The summed E-state index contributed by atoms with van der Waals surface area (Å²) < 4.78 is 5.45. The number of benzene rings is 3. The van der Waals surface area contributed by atoms with E-state index < -0.39 is 0 Å². The molecule has 1 amide bonds. The maximum atomic E-state index is 13.7. The Morgan fingerprint density at radius 2 is 1.56 bits per heavy atom. The number of aromatic nitrogens is 2. The average molecular weight is 559 g/mol. The molecule has 3 aromatic carbocycles. The number of thioether (sulfide) groups is 1. The normalized spacial score (nSPS) is 13.3. The Bertz CT molecular complexity index is 1370. The number of morpholine rings is 1. The number of hydrogen-bond donors (Lipinski definition) is 0. The number of halogens is 1. The quantitative estimate of drug-likeness (QED) is 0.132. The maximum absolute atomic E-state index is 13.7. The predicted octanol–water partition coefficient (Wildman–Crippen LogP) is 6.14. The summed E-state index contributed by atoms with van der Waals surface area (Å²) >= 11 is 7.84.